The van der Waals surface area contributed by atoms with Gasteiger partial charge in [0.2, 0.25) is 17.7 Å². The first-order valence-corrected chi connectivity index (χ1v) is 12.7. The van der Waals surface area contributed by atoms with Gasteiger partial charge in [0.1, 0.15) is 17.5 Å². The number of carbonyl (C=O) groups excluding carboxylic acids is 3. The second-order valence-electron chi connectivity index (χ2n) is 8.82. The minimum Gasteiger partial charge on any atom is -0.508 e. The first kappa shape index (κ1) is 47.4. The third-order valence-corrected chi connectivity index (χ3v) is 5.89. The number of hydrogen-bond donors (Lipinski definition) is 8. The molecule has 0 unspecified atom stereocenters. The highest BCUT2D eigenvalue weighted by molar-refractivity contribution is 6.02. The molecule has 13 nitrogen and oxygen atoms in total. The van der Waals surface area contributed by atoms with Crippen molar-refractivity contribution in [2.45, 2.75) is 19.4 Å². The number of nitrogens with zero attached hydrogens (tertiary/aromatic N) is 2. The van der Waals surface area contributed by atoms with Gasteiger partial charge in [-0.1, -0.05) is 0 Å². The molecular weight excluding hydrogens is 658 g/mol. The van der Waals surface area contributed by atoms with Crippen LogP contribution in [-0.2, 0) is 14.4 Å². The SMILES string of the molecule is CC(=O)N(c1ccc(O)cc1O)[C@@H](CC(N)=O)C(=O)N1CCNCCNCCNCCNCCNCC1.Cl.Cl.Cl.Cl.Cl. The fourth-order valence-electron chi connectivity index (χ4n) is 4.06. The van der Waals surface area contributed by atoms with E-state index in [0.29, 0.717) is 39.3 Å². The Hall–Kier alpha value is -1.52. The van der Waals surface area contributed by atoms with Crippen LogP contribution in [0, 0.1) is 0 Å². The minimum absolute atomic E-state index is 0. The molecule has 1 atom stereocenters. The molecular formula is C24H47Cl5N8O5. The molecule has 1 heterocycles. The highest BCUT2D eigenvalue weighted by atomic mass is 35.5. The number of nitrogens with two attached hydrogens (primary N) is 1. The third kappa shape index (κ3) is 17.6. The summed E-state index contributed by atoms with van der Waals surface area (Å²) in [5.41, 5.74) is 5.48. The molecule has 1 aromatic rings. The van der Waals surface area contributed by atoms with Crippen LogP contribution in [0.15, 0.2) is 18.2 Å². The van der Waals surface area contributed by atoms with E-state index < -0.39 is 35.9 Å². The summed E-state index contributed by atoms with van der Waals surface area (Å²) < 4.78 is 0. The Morgan fingerprint density at radius 3 is 1.55 bits per heavy atom. The number of hydrogen-bond acceptors (Lipinski definition) is 10. The normalized spacial score (nSPS) is 16.1. The van der Waals surface area contributed by atoms with Crippen molar-refractivity contribution in [2.24, 2.45) is 5.73 Å². The molecule has 0 bridgehead atoms. The topological polar surface area (TPSA) is 184 Å². The van der Waals surface area contributed by atoms with Crippen LogP contribution in [0.2, 0.25) is 0 Å². The number of nitrogens with one attached hydrogen (secondary N) is 5. The van der Waals surface area contributed by atoms with Gasteiger partial charge in [0.15, 0.2) is 0 Å². The number of aromatic hydroxyl groups is 2. The molecule has 248 valence electrons. The molecule has 18 heteroatoms. The van der Waals surface area contributed by atoms with Gasteiger partial charge in [0, 0.05) is 91.5 Å². The van der Waals surface area contributed by atoms with E-state index in [1.165, 1.54) is 19.1 Å². The van der Waals surface area contributed by atoms with E-state index in [-0.39, 0.29) is 73.5 Å². The van der Waals surface area contributed by atoms with Crippen LogP contribution in [0.5, 0.6) is 11.5 Å². The van der Waals surface area contributed by atoms with Crippen LogP contribution in [0.25, 0.3) is 0 Å². The van der Waals surface area contributed by atoms with E-state index in [9.17, 15) is 24.6 Å². The lowest BCUT2D eigenvalue weighted by Crippen LogP contribution is -2.54. The van der Waals surface area contributed by atoms with E-state index in [4.69, 9.17) is 5.73 Å². The molecule has 0 aromatic heterocycles. The quantitative estimate of drug-likeness (QED) is 0.201. The van der Waals surface area contributed by atoms with Crippen molar-refractivity contribution < 1.29 is 24.6 Å². The van der Waals surface area contributed by atoms with Gasteiger partial charge in [-0.05, 0) is 12.1 Å². The summed E-state index contributed by atoms with van der Waals surface area (Å²) in [6, 6.07) is 2.43. The lowest BCUT2D eigenvalue weighted by molar-refractivity contribution is -0.136. The molecule has 0 spiro atoms. The molecule has 0 radical (unpaired) electrons. The van der Waals surface area contributed by atoms with Crippen molar-refractivity contribution in [3.05, 3.63) is 18.2 Å². The number of phenols is 2. The lowest BCUT2D eigenvalue weighted by Gasteiger charge is -2.34. The Kier molecular flexibility index (Phi) is 30.5. The first-order valence-electron chi connectivity index (χ1n) is 12.7. The van der Waals surface area contributed by atoms with E-state index in [1.807, 2.05) is 0 Å². The second-order valence-corrected chi connectivity index (χ2v) is 8.82. The lowest BCUT2D eigenvalue weighted by atomic mass is 10.1. The van der Waals surface area contributed by atoms with Crippen molar-refractivity contribution in [3.8, 4) is 11.5 Å². The molecule has 1 aromatic carbocycles. The fourth-order valence-corrected chi connectivity index (χ4v) is 4.06. The summed E-state index contributed by atoms with van der Waals surface area (Å²) in [5, 5.41) is 36.7. The summed E-state index contributed by atoms with van der Waals surface area (Å²) in [7, 11) is 0. The second kappa shape index (κ2) is 27.1. The third-order valence-electron chi connectivity index (χ3n) is 5.89. The number of anilines is 1. The van der Waals surface area contributed by atoms with Crippen LogP contribution < -0.4 is 37.2 Å². The molecule has 3 amide bonds. The maximum absolute atomic E-state index is 13.8. The van der Waals surface area contributed by atoms with Gasteiger partial charge in [-0.25, -0.2) is 0 Å². The number of rotatable bonds is 5. The summed E-state index contributed by atoms with van der Waals surface area (Å²) in [6.45, 7) is 9.43. The van der Waals surface area contributed by atoms with Gasteiger partial charge in [-0.15, -0.1) is 62.0 Å². The van der Waals surface area contributed by atoms with Crippen LogP contribution in [0.1, 0.15) is 13.3 Å². The average molecular weight is 705 g/mol. The van der Waals surface area contributed by atoms with E-state index in [0.717, 1.165) is 50.2 Å². The molecule has 1 aliphatic heterocycles. The monoisotopic (exact) mass is 702 g/mol. The average Bonchev–Trinajstić information content (AvgIpc) is 2.84. The van der Waals surface area contributed by atoms with Gasteiger partial charge in [-0.3, -0.25) is 19.3 Å². The van der Waals surface area contributed by atoms with Crippen molar-refractivity contribution in [1.82, 2.24) is 31.5 Å². The van der Waals surface area contributed by atoms with Gasteiger partial charge < -0.3 is 47.4 Å². The maximum Gasteiger partial charge on any atom is 0.246 e. The van der Waals surface area contributed by atoms with Crippen molar-refractivity contribution in [2.75, 3.05) is 83.4 Å². The number of benzene rings is 1. The Morgan fingerprint density at radius 2 is 1.19 bits per heavy atom. The molecule has 0 saturated carbocycles. The zero-order valence-electron chi connectivity index (χ0n) is 23.6. The number of halogens is 5. The minimum atomic E-state index is -1.25. The van der Waals surface area contributed by atoms with E-state index >= 15 is 0 Å². The summed E-state index contributed by atoms with van der Waals surface area (Å²) >= 11 is 0. The predicted octanol–water partition coefficient (Wildman–Crippen LogP) is -0.406. The van der Waals surface area contributed by atoms with Gasteiger partial charge in [-0.2, -0.15) is 0 Å². The van der Waals surface area contributed by atoms with Crippen molar-refractivity contribution in [3.63, 3.8) is 0 Å². The number of phenolic OH excluding ortho intramolecular Hbond substituents is 2. The van der Waals surface area contributed by atoms with Gasteiger partial charge >= 0.3 is 0 Å². The van der Waals surface area contributed by atoms with Crippen LogP contribution in [0.3, 0.4) is 0 Å². The predicted molar refractivity (Wildman–Crippen MR) is 178 cm³/mol. The number of amides is 3. The standard InChI is InChI=1S/C24H42N8O5.5ClH/c1-18(33)32(20-3-2-19(34)16-22(20)35)21(17-23(25)36)24(37)31-14-12-29-10-8-27-6-4-26-5-7-28-9-11-30-13-15-31;;;;;/h2-3,16,21,26-30,34-35H,4-15,17H2,1H3,(H2,25,36);5*1H/t21-;;;;;/m0...../s1. The Morgan fingerprint density at radius 1 is 0.786 bits per heavy atom. The van der Waals surface area contributed by atoms with E-state index in [2.05, 4.69) is 26.6 Å². The van der Waals surface area contributed by atoms with Crippen LogP contribution in [-0.4, -0.2) is 117 Å². The summed E-state index contributed by atoms with van der Waals surface area (Å²) in [5.74, 6) is -2.36. The summed E-state index contributed by atoms with van der Waals surface area (Å²) in [6.07, 6.45) is -0.419. The molecule has 1 aliphatic rings. The molecule has 0 aliphatic carbocycles. The van der Waals surface area contributed by atoms with Gasteiger partial charge in [0.25, 0.3) is 0 Å². The highest BCUT2D eigenvalue weighted by Crippen LogP contribution is 2.33. The number of carbonyl (C=O) groups is 3. The highest BCUT2D eigenvalue weighted by Gasteiger charge is 2.35. The first-order chi connectivity index (χ1) is 17.8. The molecule has 1 fully saturated rings. The van der Waals surface area contributed by atoms with Crippen LogP contribution >= 0.6 is 62.0 Å². The van der Waals surface area contributed by atoms with Crippen LogP contribution in [0.4, 0.5) is 5.69 Å². The van der Waals surface area contributed by atoms with E-state index in [1.54, 1.807) is 4.90 Å². The fraction of sp³-hybridized carbons (Fsp3) is 0.625. The Balaban J connectivity index is -0.00000144. The molecule has 1 saturated heterocycles. The summed E-state index contributed by atoms with van der Waals surface area (Å²) in [4.78, 5) is 41.0. The van der Waals surface area contributed by atoms with Crippen molar-refractivity contribution >= 4 is 85.4 Å². The zero-order valence-corrected chi connectivity index (χ0v) is 27.7. The van der Waals surface area contributed by atoms with Gasteiger partial charge in [0.05, 0.1) is 12.1 Å². The zero-order chi connectivity index (χ0) is 27.0. The number of primary amides is 1. The smallest absolute Gasteiger partial charge is 0.246 e. The molecule has 42 heavy (non-hydrogen) atoms. The largest absolute Gasteiger partial charge is 0.508 e. The van der Waals surface area contributed by atoms with Crippen molar-refractivity contribution in [1.29, 1.82) is 0 Å². The Bertz CT molecular complexity index is 876. The molecule has 9 N–H and O–H groups in total. The Labute approximate surface area is 278 Å². The maximum atomic E-state index is 13.8. The molecule has 2 rings (SSSR count).